The van der Waals surface area contributed by atoms with Gasteiger partial charge in [-0.15, -0.1) is 0 Å². The highest BCUT2D eigenvalue weighted by Crippen LogP contribution is 2.43. The van der Waals surface area contributed by atoms with Gasteiger partial charge in [0.05, 0.1) is 0 Å². The average Bonchev–Trinajstić information content (AvgIpc) is 3.13. The van der Waals surface area contributed by atoms with Gasteiger partial charge in [-0.25, -0.2) is 16.4 Å². The van der Waals surface area contributed by atoms with Crippen LogP contribution in [0.2, 0.25) is 0 Å². The van der Waals surface area contributed by atoms with E-state index < -0.39 is 17.9 Å². The molecule has 0 saturated heterocycles. The Labute approximate surface area is 172 Å². The molecule has 1 aliphatic carbocycles. The molecule has 0 amide bonds. The number of hydrogen-bond donors (Lipinski definition) is 2. The number of nitrogens with one attached hydrogen (secondary N) is 1. The largest absolute Gasteiger partial charge is 0.475 e. The van der Waals surface area contributed by atoms with Crippen molar-refractivity contribution in [2.45, 2.75) is 58.9 Å². The number of benzene rings is 1. The molecular weight excluding hydrogens is 364 g/mol. The van der Waals surface area contributed by atoms with Crippen LogP contribution in [0.15, 0.2) is 24.3 Å². The van der Waals surface area contributed by atoms with Crippen LogP contribution < -0.4 is 0 Å². The fourth-order valence-corrected chi connectivity index (χ4v) is 5.01. The maximum Gasteiger partial charge on any atom is 0.388 e. The molecule has 1 aromatic carbocycles. The summed E-state index contributed by atoms with van der Waals surface area (Å²) in [4.78, 5) is 19.9. The Morgan fingerprint density at radius 3 is 2.41 bits per heavy atom. The van der Waals surface area contributed by atoms with Gasteiger partial charge in [0.15, 0.2) is 5.82 Å². The van der Waals surface area contributed by atoms with E-state index in [1.165, 1.54) is 0 Å². The fraction of sp³-hybridized carbons (Fsp3) is 0.565. The maximum absolute atomic E-state index is 11.8. The Bertz CT molecular complexity index is 871. The number of H-pyrrole nitrogens is 1. The highest BCUT2D eigenvalue weighted by Gasteiger charge is 2.42. The molecule has 1 fully saturated rings. The molecule has 29 heavy (non-hydrogen) atoms. The molecule has 1 aromatic heterocycles. The van der Waals surface area contributed by atoms with E-state index in [9.17, 15) is 9.90 Å². The second kappa shape index (κ2) is 8.77. The highest BCUT2D eigenvalue weighted by atomic mass is 16.4. The molecule has 1 saturated carbocycles. The second-order valence-electron chi connectivity index (χ2n) is 8.86. The van der Waals surface area contributed by atoms with Crippen LogP contribution in [-0.2, 0) is 4.79 Å². The van der Waals surface area contributed by atoms with Crippen molar-refractivity contribution in [1.82, 2.24) is 15.2 Å². The maximum atomic E-state index is 11.8. The molecule has 154 valence electrons. The van der Waals surface area contributed by atoms with E-state index in [1.54, 1.807) is 0 Å². The summed E-state index contributed by atoms with van der Waals surface area (Å²) in [5, 5.41) is 17.0. The third-order valence-corrected chi connectivity index (χ3v) is 6.47. The highest BCUT2D eigenvalue weighted by molar-refractivity contribution is 5.76. The Hall–Kier alpha value is -2.68. The summed E-state index contributed by atoms with van der Waals surface area (Å²) < 4.78 is 0. The zero-order valence-corrected chi connectivity index (χ0v) is 17.6. The molecule has 0 bridgehead atoms. The summed E-state index contributed by atoms with van der Waals surface area (Å²) in [6.07, 6.45) is 2.92. The molecule has 1 aliphatic rings. The number of hydrogen-bond acceptors (Lipinski definition) is 3. The van der Waals surface area contributed by atoms with Crippen molar-refractivity contribution >= 4 is 5.97 Å². The van der Waals surface area contributed by atoms with Crippen molar-refractivity contribution in [1.29, 1.82) is 0 Å². The van der Waals surface area contributed by atoms with E-state index >= 15 is 0 Å². The lowest BCUT2D eigenvalue weighted by atomic mass is 9.66. The van der Waals surface area contributed by atoms with Crippen molar-refractivity contribution in [3.05, 3.63) is 47.1 Å². The summed E-state index contributed by atoms with van der Waals surface area (Å²) in [6, 6.07) is 6.73. The lowest BCUT2D eigenvalue weighted by Crippen LogP contribution is -2.34. The molecule has 4 atom stereocenters. The van der Waals surface area contributed by atoms with Gasteiger partial charge in [0.25, 0.3) is 0 Å². The summed E-state index contributed by atoms with van der Waals surface area (Å²) in [6.45, 7) is 16.3. The van der Waals surface area contributed by atoms with Crippen LogP contribution in [0.5, 0.6) is 0 Å². The van der Waals surface area contributed by atoms with Gasteiger partial charge in [0, 0.05) is 5.56 Å². The molecule has 3 rings (SSSR count). The number of carboxylic acids is 1. The van der Waals surface area contributed by atoms with Crippen LogP contribution in [0.1, 0.15) is 57.3 Å². The third kappa shape index (κ3) is 4.67. The van der Waals surface area contributed by atoms with Crippen LogP contribution in [0, 0.1) is 37.2 Å². The molecule has 6 nitrogen and oxygen atoms in total. The first-order chi connectivity index (χ1) is 13.8. The predicted octanol–water partition coefficient (Wildman–Crippen LogP) is 4.94. The Morgan fingerprint density at radius 2 is 1.86 bits per heavy atom. The fourth-order valence-electron chi connectivity index (χ4n) is 5.01. The normalized spacial score (nSPS) is 26.4. The number of carbonyl (C=O) groups is 1. The van der Waals surface area contributed by atoms with E-state index in [4.69, 9.17) is 6.57 Å². The van der Waals surface area contributed by atoms with Crippen molar-refractivity contribution in [2.24, 2.45) is 23.7 Å². The summed E-state index contributed by atoms with van der Waals surface area (Å²) >= 11 is 0. The number of aryl methyl sites for hydroxylation is 1. The first-order valence-corrected chi connectivity index (χ1v) is 10.4. The topological polar surface area (TPSA) is 83.2 Å². The number of aromatic nitrogens is 3. The standard InChI is InChI=1S/C23H30N4O2/c1-13-6-8-17(9-7-13)21-25-22(27-26-21)19(20(24-5)23(28)29)12-18-15(3)10-14(2)11-16(18)4/h6-9,14-16,18-20H,10-12H2,1-4H3,(H,28,29)(H,25,26,27). The third-order valence-electron chi connectivity index (χ3n) is 6.47. The summed E-state index contributed by atoms with van der Waals surface area (Å²) in [5.74, 6) is 1.49. The average molecular weight is 395 g/mol. The van der Waals surface area contributed by atoms with Gasteiger partial charge in [-0.05, 0) is 49.9 Å². The van der Waals surface area contributed by atoms with Crippen LogP contribution in [0.3, 0.4) is 0 Å². The van der Waals surface area contributed by atoms with Gasteiger partial charge in [0.2, 0.25) is 0 Å². The zero-order chi connectivity index (χ0) is 21.1. The Kier molecular flexibility index (Phi) is 6.36. The van der Waals surface area contributed by atoms with Crippen molar-refractivity contribution in [2.75, 3.05) is 0 Å². The Morgan fingerprint density at radius 1 is 1.24 bits per heavy atom. The van der Waals surface area contributed by atoms with Crippen LogP contribution >= 0.6 is 0 Å². The predicted molar refractivity (Wildman–Crippen MR) is 112 cm³/mol. The molecule has 0 radical (unpaired) electrons. The first-order valence-electron chi connectivity index (χ1n) is 10.4. The zero-order valence-electron chi connectivity index (χ0n) is 17.6. The van der Waals surface area contributed by atoms with E-state index in [0.717, 1.165) is 24.0 Å². The summed E-state index contributed by atoms with van der Waals surface area (Å²) in [7, 11) is 0. The molecule has 0 aliphatic heterocycles. The molecule has 2 N–H and O–H groups in total. The number of carboxylic acid groups (broad SMARTS) is 1. The van der Waals surface area contributed by atoms with Crippen LogP contribution in [0.25, 0.3) is 16.2 Å². The van der Waals surface area contributed by atoms with Crippen molar-refractivity contribution < 1.29 is 9.90 Å². The Balaban J connectivity index is 1.91. The van der Waals surface area contributed by atoms with E-state index in [0.29, 0.717) is 41.7 Å². The lowest BCUT2D eigenvalue weighted by molar-refractivity contribution is -0.138. The van der Waals surface area contributed by atoms with Crippen LogP contribution in [0.4, 0.5) is 0 Å². The quantitative estimate of drug-likeness (QED) is 0.680. The van der Waals surface area contributed by atoms with E-state index in [2.05, 4.69) is 40.8 Å². The second-order valence-corrected chi connectivity index (χ2v) is 8.86. The molecule has 0 spiro atoms. The molecule has 2 aromatic rings. The van der Waals surface area contributed by atoms with Gasteiger partial charge in [-0.3, -0.25) is 5.10 Å². The minimum atomic E-state index is -1.16. The molecule has 6 heteroatoms. The molecule has 4 unspecified atom stereocenters. The molecular formula is C23H30N4O2. The van der Waals surface area contributed by atoms with Gasteiger partial charge in [-0.1, -0.05) is 50.6 Å². The van der Waals surface area contributed by atoms with Crippen molar-refractivity contribution in [3.8, 4) is 11.4 Å². The number of aromatic amines is 1. The van der Waals surface area contributed by atoms with Gasteiger partial charge >= 0.3 is 12.0 Å². The van der Waals surface area contributed by atoms with Gasteiger partial charge in [0.1, 0.15) is 11.7 Å². The number of rotatable bonds is 6. The molecule has 1 heterocycles. The minimum Gasteiger partial charge on any atom is -0.475 e. The van der Waals surface area contributed by atoms with Gasteiger partial charge in [-0.2, -0.15) is 5.10 Å². The van der Waals surface area contributed by atoms with E-state index in [1.807, 2.05) is 31.2 Å². The van der Waals surface area contributed by atoms with Crippen molar-refractivity contribution in [3.63, 3.8) is 0 Å². The van der Waals surface area contributed by atoms with E-state index in [-0.39, 0.29) is 0 Å². The monoisotopic (exact) mass is 394 g/mol. The summed E-state index contributed by atoms with van der Waals surface area (Å²) in [5.41, 5.74) is 2.02. The minimum absolute atomic E-state index is 0.368. The first kappa shape index (κ1) is 21.0. The van der Waals surface area contributed by atoms with Crippen LogP contribution in [-0.4, -0.2) is 32.3 Å². The smallest absolute Gasteiger partial charge is 0.388 e. The number of aliphatic carboxylic acids is 1. The number of nitrogens with zero attached hydrogens (tertiary/aromatic N) is 3. The van der Waals surface area contributed by atoms with Gasteiger partial charge < -0.3 is 9.95 Å². The SMILES string of the molecule is [C-]#[N+]C(C(=O)O)C(CC1C(C)CC(C)CC1C)c1nc(-c2ccc(C)cc2)n[nH]1. The lowest BCUT2D eigenvalue weighted by Gasteiger charge is -2.39.